The maximum atomic E-state index is 13.8. The predicted octanol–water partition coefficient (Wildman–Crippen LogP) is 5.05. The fourth-order valence-electron chi connectivity index (χ4n) is 3.72. The Kier molecular flexibility index (Phi) is 9.59. The molecule has 37 heavy (non-hydrogen) atoms. The van der Waals surface area contributed by atoms with Crippen LogP contribution in [-0.2, 0) is 26.2 Å². The minimum atomic E-state index is -4.14. The van der Waals surface area contributed by atoms with E-state index in [0.29, 0.717) is 22.2 Å². The highest BCUT2D eigenvalue weighted by Crippen LogP contribution is 2.28. The Hall–Kier alpha value is -3.07. The number of likely N-dealkylation sites (N-methyl/N-ethyl adjacent to an activating group) is 1. The van der Waals surface area contributed by atoms with Gasteiger partial charge in [0.25, 0.3) is 10.0 Å². The van der Waals surface area contributed by atoms with Crippen LogP contribution in [0, 0.1) is 6.92 Å². The Balaban J connectivity index is 2.04. The van der Waals surface area contributed by atoms with Crippen LogP contribution in [0.4, 0.5) is 5.69 Å². The van der Waals surface area contributed by atoms with E-state index in [1.54, 1.807) is 75.4 Å². The van der Waals surface area contributed by atoms with E-state index in [2.05, 4.69) is 5.32 Å². The maximum Gasteiger partial charge on any atom is 0.264 e. The van der Waals surface area contributed by atoms with Crippen molar-refractivity contribution in [3.63, 3.8) is 0 Å². The van der Waals surface area contributed by atoms with Crippen molar-refractivity contribution in [1.29, 1.82) is 0 Å². The van der Waals surface area contributed by atoms with Crippen LogP contribution >= 0.6 is 23.2 Å². The van der Waals surface area contributed by atoms with Gasteiger partial charge in [-0.05, 0) is 68.3 Å². The summed E-state index contributed by atoms with van der Waals surface area (Å²) in [5.74, 6) is -0.913. The lowest BCUT2D eigenvalue weighted by Crippen LogP contribution is -2.51. The molecule has 3 aromatic rings. The number of carbonyl (C=O) groups excluding carboxylic acids is 2. The minimum absolute atomic E-state index is 0.0256. The van der Waals surface area contributed by atoms with E-state index < -0.39 is 28.5 Å². The minimum Gasteiger partial charge on any atom is -0.355 e. The quantitative estimate of drug-likeness (QED) is 0.375. The summed E-state index contributed by atoms with van der Waals surface area (Å²) in [6.07, 6.45) is 0. The van der Waals surface area contributed by atoms with E-state index in [0.717, 1.165) is 9.87 Å². The van der Waals surface area contributed by atoms with Crippen molar-refractivity contribution in [2.24, 2.45) is 0 Å². The standard InChI is InChI=1S/C27H29Cl2N3O4S/c1-4-30-27(34)20(3)31(17-21-9-8-10-22(28)15-21)26(33)18-32(23-14-13-19(2)25(29)16-23)37(35,36)24-11-6-5-7-12-24/h5-16,20H,4,17-18H2,1-3H3,(H,30,34). The van der Waals surface area contributed by atoms with Gasteiger partial charge in [0.05, 0.1) is 10.6 Å². The molecule has 0 radical (unpaired) electrons. The second-order valence-corrected chi connectivity index (χ2v) is 11.2. The van der Waals surface area contributed by atoms with Crippen LogP contribution in [0.5, 0.6) is 0 Å². The number of hydrogen-bond acceptors (Lipinski definition) is 4. The van der Waals surface area contributed by atoms with Crippen LogP contribution in [0.3, 0.4) is 0 Å². The van der Waals surface area contributed by atoms with Gasteiger partial charge in [0.15, 0.2) is 0 Å². The van der Waals surface area contributed by atoms with Crippen LogP contribution in [0.1, 0.15) is 25.0 Å². The highest BCUT2D eigenvalue weighted by Gasteiger charge is 2.32. The van der Waals surface area contributed by atoms with Gasteiger partial charge in [0.2, 0.25) is 11.8 Å². The summed E-state index contributed by atoms with van der Waals surface area (Å²) in [6.45, 7) is 5.09. The molecule has 0 fully saturated rings. The molecule has 1 N–H and O–H groups in total. The summed E-state index contributed by atoms with van der Waals surface area (Å²) in [6, 6.07) is 18.7. The second-order valence-electron chi connectivity index (χ2n) is 8.48. The maximum absolute atomic E-state index is 13.8. The number of aryl methyl sites for hydroxylation is 1. The van der Waals surface area contributed by atoms with Gasteiger partial charge in [-0.1, -0.05) is 59.6 Å². The molecular weight excluding hydrogens is 533 g/mol. The molecule has 0 aliphatic rings. The predicted molar refractivity (Wildman–Crippen MR) is 147 cm³/mol. The second kappa shape index (κ2) is 12.4. The molecule has 2 amide bonds. The number of anilines is 1. The van der Waals surface area contributed by atoms with Gasteiger partial charge in [0, 0.05) is 23.1 Å². The SMILES string of the molecule is CCNC(=O)C(C)N(Cc1cccc(Cl)c1)C(=O)CN(c1ccc(C)c(Cl)c1)S(=O)(=O)c1ccccc1. The van der Waals surface area contributed by atoms with Crippen molar-refractivity contribution < 1.29 is 18.0 Å². The highest BCUT2D eigenvalue weighted by atomic mass is 35.5. The lowest BCUT2D eigenvalue weighted by Gasteiger charge is -2.32. The first-order chi connectivity index (χ1) is 17.5. The van der Waals surface area contributed by atoms with Crippen LogP contribution in [0.2, 0.25) is 10.0 Å². The van der Waals surface area contributed by atoms with Gasteiger partial charge in [-0.2, -0.15) is 0 Å². The molecule has 0 spiro atoms. The third-order valence-electron chi connectivity index (χ3n) is 5.81. The number of rotatable bonds is 10. The van der Waals surface area contributed by atoms with Crippen LogP contribution in [0.15, 0.2) is 77.7 Å². The third-order valence-corrected chi connectivity index (χ3v) is 8.24. The highest BCUT2D eigenvalue weighted by molar-refractivity contribution is 7.92. The van der Waals surface area contributed by atoms with Gasteiger partial charge in [0.1, 0.15) is 12.6 Å². The lowest BCUT2D eigenvalue weighted by molar-refractivity contribution is -0.139. The first-order valence-electron chi connectivity index (χ1n) is 11.7. The van der Waals surface area contributed by atoms with E-state index >= 15 is 0 Å². The van der Waals surface area contributed by atoms with Crippen molar-refractivity contribution in [2.75, 3.05) is 17.4 Å². The van der Waals surface area contributed by atoms with Gasteiger partial charge < -0.3 is 10.2 Å². The van der Waals surface area contributed by atoms with Crippen molar-refractivity contribution >= 4 is 50.7 Å². The van der Waals surface area contributed by atoms with Crippen molar-refractivity contribution in [3.8, 4) is 0 Å². The van der Waals surface area contributed by atoms with Gasteiger partial charge in [-0.15, -0.1) is 0 Å². The van der Waals surface area contributed by atoms with Crippen molar-refractivity contribution in [3.05, 3.63) is 94.0 Å². The average molecular weight is 563 g/mol. The number of hydrogen-bond donors (Lipinski definition) is 1. The first-order valence-corrected chi connectivity index (χ1v) is 13.9. The largest absolute Gasteiger partial charge is 0.355 e. The van der Waals surface area contributed by atoms with E-state index in [4.69, 9.17) is 23.2 Å². The Morgan fingerprint density at radius 1 is 0.973 bits per heavy atom. The third kappa shape index (κ3) is 7.03. The Bertz CT molecular complexity index is 1370. The molecule has 10 heteroatoms. The monoisotopic (exact) mass is 561 g/mol. The molecule has 196 valence electrons. The molecule has 0 saturated heterocycles. The summed E-state index contributed by atoms with van der Waals surface area (Å²) in [5.41, 5.74) is 1.70. The summed E-state index contributed by atoms with van der Waals surface area (Å²) in [7, 11) is -4.14. The molecule has 0 aliphatic heterocycles. The summed E-state index contributed by atoms with van der Waals surface area (Å²) in [4.78, 5) is 27.9. The molecule has 0 aromatic heterocycles. The summed E-state index contributed by atoms with van der Waals surface area (Å²) >= 11 is 12.5. The molecule has 0 heterocycles. The number of halogens is 2. The fraction of sp³-hybridized carbons (Fsp3) is 0.259. The van der Waals surface area contributed by atoms with Crippen molar-refractivity contribution in [2.45, 2.75) is 38.3 Å². The van der Waals surface area contributed by atoms with E-state index in [-0.39, 0.29) is 23.0 Å². The Morgan fingerprint density at radius 3 is 2.30 bits per heavy atom. The molecular formula is C27H29Cl2N3O4S. The summed E-state index contributed by atoms with van der Waals surface area (Å²) in [5, 5.41) is 3.57. The zero-order valence-electron chi connectivity index (χ0n) is 20.8. The summed E-state index contributed by atoms with van der Waals surface area (Å²) < 4.78 is 28.4. The zero-order valence-corrected chi connectivity index (χ0v) is 23.1. The smallest absolute Gasteiger partial charge is 0.264 e. The van der Waals surface area contributed by atoms with Gasteiger partial charge >= 0.3 is 0 Å². The zero-order chi connectivity index (χ0) is 27.2. The average Bonchev–Trinajstić information content (AvgIpc) is 2.87. The fourth-order valence-corrected chi connectivity index (χ4v) is 5.54. The van der Waals surface area contributed by atoms with E-state index in [1.807, 2.05) is 0 Å². The van der Waals surface area contributed by atoms with Crippen LogP contribution < -0.4 is 9.62 Å². The molecule has 3 aromatic carbocycles. The van der Waals surface area contributed by atoms with Crippen LogP contribution in [-0.4, -0.2) is 44.3 Å². The molecule has 7 nitrogen and oxygen atoms in total. The number of carbonyl (C=O) groups is 2. The number of nitrogens with zero attached hydrogens (tertiary/aromatic N) is 2. The Labute approximate surface area is 228 Å². The van der Waals surface area contributed by atoms with Crippen molar-refractivity contribution in [1.82, 2.24) is 10.2 Å². The van der Waals surface area contributed by atoms with Gasteiger partial charge in [-0.3, -0.25) is 13.9 Å². The molecule has 1 unspecified atom stereocenters. The number of nitrogens with one attached hydrogen (secondary N) is 1. The number of amides is 2. The van der Waals surface area contributed by atoms with E-state index in [9.17, 15) is 18.0 Å². The molecule has 1 atom stereocenters. The lowest BCUT2D eigenvalue weighted by atomic mass is 10.1. The normalized spacial score (nSPS) is 12.0. The van der Waals surface area contributed by atoms with Crippen LogP contribution in [0.25, 0.3) is 0 Å². The van der Waals surface area contributed by atoms with E-state index in [1.165, 1.54) is 23.1 Å². The molecule has 0 aliphatic carbocycles. The first kappa shape index (κ1) is 28.5. The topological polar surface area (TPSA) is 86.8 Å². The molecule has 3 rings (SSSR count). The molecule has 0 bridgehead atoms. The van der Waals surface area contributed by atoms with Gasteiger partial charge in [-0.25, -0.2) is 8.42 Å². The number of sulfonamides is 1. The Morgan fingerprint density at radius 2 is 1.68 bits per heavy atom. The number of benzene rings is 3. The molecule has 0 saturated carbocycles.